The van der Waals surface area contributed by atoms with E-state index in [4.69, 9.17) is 11.6 Å². The van der Waals surface area contributed by atoms with Gasteiger partial charge in [0.1, 0.15) is 5.69 Å². The van der Waals surface area contributed by atoms with Gasteiger partial charge in [0.15, 0.2) is 0 Å². The Hall–Kier alpha value is -3.16. The number of likely N-dealkylation sites (tertiary alicyclic amines) is 1. The lowest BCUT2D eigenvalue weighted by Gasteiger charge is -2.31. The van der Waals surface area contributed by atoms with E-state index in [0.29, 0.717) is 36.8 Å². The number of piperidine rings is 1. The highest BCUT2D eigenvalue weighted by molar-refractivity contribution is 7.09. The standard InChI is InChI=1S/C27H27ClN4O2S/c1-17-6-7-18(12-22(17)28)14-30-26(34)24-16-35-27(31-24)19-8-10-32(11-9-19)25(33)13-20-15-29-23-5-3-2-4-21(20)23/h2-7,12,15-16,19,29H,8-11,13-14H2,1H3,(H,30,34). The van der Waals surface area contributed by atoms with Gasteiger partial charge >= 0.3 is 0 Å². The number of nitrogens with zero attached hydrogens (tertiary/aromatic N) is 2. The van der Waals surface area contributed by atoms with E-state index in [1.807, 2.05) is 65.9 Å². The largest absolute Gasteiger partial charge is 0.361 e. The van der Waals surface area contributed by atoms with Gasteiger partial charge in [0.2, 0.25) is 5.91 Å². The molecule has 8 heteroatoms. The number of amides is 2. The third kappa shape index (κ3) is 5.26. The number of rotatable bonds is 6. The van der Waals surface area contributed by atoms with Crippen LogP contribution in [0.1, 0.15) is 50.9 Å². The van der Waals surface area contributed by atoms with Crippen LogP contribution >= 0.6 is 22.9 Å². The zero-order valence-electron chi connectivity index (χ0n) is 19.5. The second-order valence-electron chi connectivity index (χ2n) is 9.03. The Morgan fingerprint density at radius 2 is 2.00 bits per heavy atom. The molecular weight excluding hydrogens is 480 g/mol. The third-order valence-corrected chi connectivity index (χ3v) is 8.07. The van der Waals surface area contributed by atoms with E-state index in [2.05, 4.69) is 15.3 Å². The minimum atomic E-state index is -0.185. The monoisotopic (exact) mass is 506 g/mol. The molecule has 0 atom stereocenters. The van der Waals surface area contributed by atoms with Crippen molar-refractivity contribution in [2.24, 2.45) is 0 Å². The van der Waals surface area contributed by atoms with E-state index in [0.717, 1.165) is 45.4 Å². The van der Waals surface area contributed by atoms with Gasteiger partial charge in [-0.1, -0.05) is 41.9 Å². The van der Waals surface area contributed by atoms with Crippen LogP contribution in [0, 0.1) is 6.92 Å². The lowest BCUT2D eigenvalue weighted by Crippen LogP contribution is -2.38. The zero-order valence-corrected chi connectivity index (χ0v) is 21.1. The van der Waals surface area contributed by atoms with Gasteiger partial charge in [0, 0.05) is 53.1 Å². The van der Waals surface area contributed by atoms with Crippen LogP contribution in [0.4, 0.5) is 0 Å². The van der Waals surface area contributed by atoms with Gasteiger partial charge < -0.3 is 15.2 Å². The Kier molecular flexibility index (Phi) is 6.88. The Morgan fingerprint density at radius 3 is 2.80 bits per heavy atom. The van der Waals surface area contributed by atoms with Gasteiger partial charge in [-0.2, -0.15) is 0 Å². The number of aryl methyl sites for hydroxylation is 1. The number of hydrogen-bond acceptors (Lipinski definition) is 4. The van der Waals surface area contributed by atoms with Gasteiger partial charge in [0.25, 0.3) is 5.91 Å². The number of thiazole rings is 1. The first-order valence-electron chi connectivity index (χ1n) is 11.8. The average molecular weight is 507 g/mol. The van der Waals surface area contributed by atoms with Gasteiger partial charge in [-0.05, 0) is 48.6 Å². The van der Waals surface area contributed by atoms with E-state index in [1.54, 1.807) is 0 Å². The molecule has 2 aromatic carbocycles. The lowest BCUT2D eigenvalue weighted by molar-refractivity contribution is -0.131. The summed E-state index contributed by atoms with van der Waals surface area (Å²) in [6.45, 7) is 3.77. The first kappa shape index (κ1) is 23.6. The molecule has 5 rings (SSSR count). The van der Waals surface area contributed by atoms with E-state index in [-0.39, 0.29) is 17.7 Å². The second-order valence-corrected chi connectivity index (χ2v) is 10.3. The zero-order chi connectivity index (χ0) is 24.4. The molecular formula is C27H27ClN4O2S. The van der Waals surface area contributed by atoms with Crippen molar-refractivity contribution in [3.8, 4) is 0 Å². The number of nitrogens with one attached hydrogen (secondary N) is 2. The molecule has 0 bridgehead atoms. The fraction of sp³-hybridized carbons (Fsp3) is 0.296. The van der Waals surface area contributed by atoms with E-state index >= 15 is 0 Å². The quantitative estimate of drug-likeness (QED) is 0.364. The molecule has 1 aliphatic rings. The molecule has 1 saturated heterocycles. The minimum absolute atomic E-state index is 0.156. The number of aromatic nitrogens is 2. The van der Waals surface area contributed by atoms with Crippen LogP contribution in [-0.2, 0) is 17.8 Å². The number of carbonyl (C=O) groups is 2. The van der Waals surface area contributed by atoms with Gasteiger partial charge in [0.05, 0.1) is 11.4 Å². The maximum absolute atomic E-state index is 12.9. The Balaban J connectivity index is 1.13. The molecule has 0 unspecified atom stereocenters. The molecule has 0 radical (unpaired) electrons. The molecule has 180 valence electrons. The summed E-state index contributed by atoms with van der Waals surface area (Å²) in [5.41, 5.74) is 4.50. The number of benzene rings is 2. The van der Waals surface area contributed by atoms with Crippen LogP contribution in [0.5, 0.6) is 0 Å². The summed E-state index contributed by atoms with van der Waals surface area (Å²) in [5.74, 6) is 0.244. The summed E-state index contributed by atoms with van der Waals surface area (Å²) in [6.07, 6.45) is 4.06. The van der Waals surface area contributed by atoms with Crippen molar-refractivity contribution in [2.75, 3.05) is 13.1 Å². The van der Waals surface area contributed by atoms with Crippen molar-refractivity contribution < 1.29 is 9.59 Å². The second kappa shape index (κ2) is 10.2. The van der Waals surface area contributed by atoms with Crippen molar-refractivity contribution in [1.29, 1.82) is 0 Å². The fourth-order valence-corrected chi connectivity index (χ4v) is 5.70. The SMILES string of the molecule is Cc1ccc(CNC(=O)c2csc(C3CCN(C(=O)Cc4c[nH]c5ccccc45)CC3)n2)cc1Cl. The van der Waals surface area contributed by atoms with Gasteiger partial charge in [-0.25, -0.2) is 4.98 Å². The normalized spacial score (nSPS) is 14.4. The van der Waals surface area contributed by atoms with Crippen molar-refractivity contribution in [2.45, 2.75) is 38.6 Å². The smallest absolute Gasteiger partial charge is 0.271 e. The summed E-state index contributed by atoms with van der Waals surface area (Å²) in [4.78, 5) is 35.3. The molecule has 0 saturated carbocycles. The van der Waals surface area contributed by atoms with Crippen molar-refractivity contribution >= 4 is 45.7 Å². The van der Waals surface area contributed by atoms with Crippen LogP contribution in [-0.4, -0.2) is 39.8 Å². The summed E-state index contributed by atoms with van der Waals surface area (Å²) in [6, 6.07) is 13.8. The molecule has 1 aliphatic heterocycles. The Morgan fingerprint density at radius 1 is 1.20 bits per heavy atom. The van der Waals surface area contributed by atoms with Crippen LogP contribution in [0.25, 0.3) is 10.9 Å². The lowest BCUT2D eigenvalue weighted by atomic mass is 9.97. The highest BCUT2D eigenvalue weighted by atomic mass is 35.5. The number of fused-ring (bicyclic) bond motifs is 1. The maximum atomic E-state index is 12.9. The van der Waals surface area contributed by atoms with Gasteiger partial charge in [-0.15, -0.1) is 11.3 Å². The minimum Gasteiger partial charge on any atom is -0.361 e. The number of carbonyl (C=O) groups excluding carboxylic acids is 2. The molecule has 2 aromatic heterocycles. The molecule has 2 amide bonds. The highest BCUT2D eigenvalue weighted by Crippen LogP contribution is 2.31. The van der Waals surface area contributed by atoms with Crippen LogP contribution < -0.4 is 5.32 Å². The first-order valence-corrected chi connectivity index (χ1v) is 13.0. The average Bonchev–Trinajstić information content (AvgIpc) is 3.53. The molecule has 4 aromatic rings. The Labute approximate surface area is 213 Å². The number of aromatic amines is 1. The molecule has 0 aliphatic carbocycles. The van der Waals surface area contributed by atoms with Crippen molar-refractivity contribution in [3.05, 3.63) is 86.5 Å². The number of para-hydroxylation sites is 1. The summed E-state index contributed by atoms with van der Waals surface area (Å²) >= 11 is 7.70. The maximum Gasteiger partial charge on any atom is 0.271 e. The molecule has 2 N–H and O–H groups in total. The van der Waals surface area contributed by atoms with E-state index in [1.165, 1.54) is 11.3 Å². The third-order valence-electron chi connectivity index (χ3n) is 6.66. The van der Waals surface area contributed by atoms with Gasteiger partial charge in [-0.3, -0.25) is 9.59 Å². The summed E-state index contributed by atoms with van der Waals surface area (Å²) in [7, 11) is 0. The molecule has 1 fully saturated rings. The predicted molar refractivity (Wildman–Crippen MR) is 140 cm³/mol. The molecule has 35 heavy (non-hydrogen) atoms. The number of H-pyrrole nitrogens is 1. The van der Waals surface area contributed by atoms with Crippen LogP contribution in [0.3, 0.4) is 0 Å². The molecule has 0 spiro atoms. The molecule has 6 nitrogen and oxygen atoms in total. The van der Waals surface area contributed by atoms with E-state index < -0.39 is 0 Å². The number of halogens is 1. The van der Waals surface area contributed by atoms with Crippen molar-refractivity contribution in [1.82, 2.24) is 20.2 Å². The summed E-state index contributed by atoms with van der Waals surface area (Å²) in [5, 5.41) is 7.52. The molecule has 3 heterocycles. The predicted octanol–water partition coefficient (Wildman–Crippen LogP) is 5.46. The topological polar surface area (TPSA) is 78.1 Å². The van der Waals surface area contributed by atoms with Crippen molar-refractivity contribution in [3.63, 3.8) is 0 Å². The first-order chi connectivity index (χ1) is 17.0. The number of hydrogen-bond donors (Lipinski definition) is 2. The van der Waals surface area contributed by atoms with Crippen LogP contribution in [0.15, 0.2) is 54.0 Å². The fourth-order valence-electron chi connectivity index (χ4n) is 4.53. The van der Waals surface area contributed by atoms with Crippen LogP contribution in [0.2, 0.25) is 5.02 Å². The Bertz CT molecular complexity index is 1370. The highest BCUT2D eigenvalue weighted by Gasteiger charge is 2.26. The summed E-state index contributed by atoms with van der Waals surface area (Å²) < 4.78 is 0. The van der Waals surface area contributed by atoms with E-state index in [9.17, 15) is 9.59 Å².